The molecule has 2 aromatic carbocycles. The van der Waals surface area contributed by atoms with Crippen LogP contribution in [0, 0.1) is 0 Å². The number of rotatable bonds is 8. The van der Waals surface area contributed by atoms with Crippen LogP contribution in [0.5, 0.6) is 5.75 Å². The number of benzene rings is 2. The average Bonchev–Trinajstić information content (AvgIpc) is 2.60. The molecule has 0 spiro atoms. The molecule has 8 heteroatoms. The number of halogens is 4. The second-order valence-corrected chi connectivity index (χ2v) is 6.12. The van der Waals surface area contributed by atoms with Crippen molar-refractivity contribution in [2.24, 2.45) is 0 Å². The lowest BCUT2D eigenvalue weighted by Gasteiger charge is -2.16. The van der Waals surface area contributed by atoms with Gasteiger partial charge < -0.3 is 14.6 Å². The normalized spacial score (nSPS) is 12.6. The molecule has 0 aliphatic carbocycles. The van der Waals surface area contributed by atoms with Gasteiger partial charge in [-0.25, -0.2) is 0 Å². The Morgan fingerprint density at radius 3 is 2.41 bits per heavy atom. The molecule has 0 heterocycles. The van der Waals surface area contributed by atoms with Crippen molar-refractivity contribution in [1.29, 1.82) is 0 Å². The Morgan fingerprint density at radius 1 is 1.19 bits per heavy atom. The van der Waals surface area contributed by atoms with Gasteiger partial charge in [0, 0.05) is 6.61 Å². The van der Waals surface area contributed by atoms with E-state index in [1.54, 1.807) is 31.2 Å². The van der Waals surface area contributed by atoms with Crippen LogP contribution in [0.3, 0.4) is 0 Å². The van der Waals surface area contributed by atoms with Crippen molar-refractivity contribution in [3.63, 3.8) is 0 Å². The summed E-state index contributed by atoms with van der Waals surface area (Å²) in [6.07, 6.45) is -5.28. The number of alkyl halides is 3. The third kappa shape index (κ3) is 6.15. The van der Waals surface area contributed by atoms with Crippen LogP contribution >= 0.6 is 11.6 Å². The number of aliphatic carboxylic acids is 1. The van der Waals surface area contributed by atoms with Crippen molar-refractivity contribution in [3.8, 4) is 5.75 Å². The topological polar surface area (TPSA) is 55.8 Å². The number of ether oxygens (including phenoxy) is 2. The van der Waals surface area contributed by atoms with Crippen molar-refractivity contribution in [1.82, 2.24) is 0 Å². The summed E-state index contributed by atoms with van der Waals surface area (Å²) in [6.45, 7) is 2.07. The minimum atomic E-state index is -4.53. The molecule has 146 valence electrons. The molecular formula is C19H18ClF3O4. The number of carbonyl (C=O) groups is 1. The maximum atomic E-state index is 12.9. The molecule has 0 aliphatic rings. The van der Waals surface area contributed by atoms with Crippen LogP contribution in [0.2, 0.25) is 5.02 Å². The summed E-state index contributed by atoms with van der Waals surface area (Å²) in [4.78, 5) is 10.9. The highest BCUT2D eigenvalue weighted by Crippen LogP contribution is 2.35. The number of hydrogen-bond acceptors (Lipinski definition) is 3. The van der Waals surface area contributed by atoms with Gasteiger partial charge in [-0.3, -0.25) is 4.79 Å². The fourth-order valence-electron chi connectivity index (χ4n) is 2.46. The number of carboxylic acid groups (broad SMARTS) is 1. The molecule has 0 saturated heterocycles. The van der Waals surface area contributed by atoms with Gasteiger partial charge in [-0.15, -0.1) is 0 Å². The van der Waals surface area contributed by atoms with Crippen molar-refractivity contribution in [3.05, 3.63) is 64.2 Å². The quantitative estimate of drug-likeness (QED) is 0.634. The van der Waals surface area contributed by atoms with E-state index in [0.717, 1.165) is 6.07 Å². The van der Waals surface area contributed by atoms with Crippen molar-refractivity contribution in [2.45, 2.75) is 32.2 Å². The highest BCUT2D eigenvalue weighted by Gasteiger charge is 2.33. The Balaban J connectivity index is 2.06. The Labute approximate surface area is 159 Å². The van der Waals surface area contributed by atoms with E-state index in [2.05, 4.69) is 0 Å². The number of hydrogen-bond donors (Lipinski definition) is 1. The van der Waals surface area contributed by atoms with Crippen molar-refractivity contribution >= 4 is 17.6 Å². The Bertz CT molecular complexity index is 776. The third-order valence-corrected chi connectivity index (χ3v) is 4.05. The third-order valence-electron chi connectivity index (χ3n) is 3.72. The van der Waals surface area contributed by atoms with Crippen LogP contribution in [0.1, 0.15) is 36.1 Å². The first kappa shape index (κ1) is 21.1. The van der Waals surface area contributed by atoms with Crippen LogP contribution in [0.4, 0.5) is 13.2 Å². The zero-order valence-corrected chi connectivity index (χ0v) is 15.2. The smallest absolute Gasteiger partial charge is 0.417 e. The molecule has 2 aromatic rings. The van der Waals surface area contributed by atoms with Gasteiger partial charge in [0.15, 0.2) is 0 Å². The average molecular weight is 403 g/mol. The van der Waals surface area contributed by atoms with Crippen molar-refractivity contribution in [2.75, 3.05) is 6.61 Å². The molecule has 0 radical (unpaired) electrons. The molecule has 0 aliphatic heterocycles. The fraction of sp³-hybridized carbons (Fsp3) is 0.316. The van der Waals surface area contributed by atoms with Gasteiger partial charge in [0.2, 0.25) is 0 Å². The molecule has 0 bridgehead atoms. The molecule has 27 heavy (non-hydrogen) atoms. The lowest BCUT2D eigenvalue weighted by Crippen LogP contribution is -2.10. The van der Waals surface area contributed by atoms with E-state index in [9.17, 15) is 18.0 Å². The minimum absolute atomic E-state index is 0.0659. The summed E-state index contributed by atoms with van der Waals surface area (Å²) >= 11 is 5.59. The second kappa shape index (κ2) is 9.10. The van der Waals surface area contributed by atoms with Gasteiger partial charge in [0.05, 0.1) is 23.1 Å². The first-order valence-corrected chi connectivity index (χ1v) is 8.50. The first-order chi connectivity index (χ1) is 12.7. The van der Waals surface area contributed by atoms with E-state index in [1.807, 2.05) is 0 Å². The lowest BCUT2D eigenvalue weighted by atomic mass is 10.1. The summed E-state index contributed by atoms with van der Waals surface area (Å²) < 4.78 is 49.6. The maximum absolute atomic E-state index is 12.9. The molecule has 0 saturated carbocycles. The summed E-state index contributed by atoms with van der Waals surface area (Å²) in [5.74, 6) is -0.537. The lowest BCUT2D eigenvalue weighted by molar-refractivity contribution is -0.140. The van der Waals surface area contributed by atoms with Crippen LogP contribution in [0.15, 0.2) is 42.5 Å². The Hall–Kier alpha value is -2.25. The molecular weight excluding hydrogens is 385 g/mol. The van der Waals surface area contributed by atoms with Crippen LogP contribution in [-0.2, 0) is 22.3 Å². The minimum Gasteiger partial charge on any atom is -0.489 e. The van der Waals surface area contributed by atoms with E-state index in [0.29, 0.717) is 23.5 Å². The van der Waals surface area contributed by atoms with E-state index in [-0.39, 0.29) is 18.1 Å². The predicted molar refractivity (Wildman–Crippen MR) is 93.8 cm³/mol. The molecule has 0 amide bonds. The zero-order chi connectivity index (χ0) is 20.0. The zero-order valence-electron chi connectivity index (χ0n) is 14.4. The van der Waals surface area contributed by atoms with Crippen molar-refractivity contribution < 1.29 is 32.5 Å². The van der Waals surface area contributed by atoms with Gasteiger partial charge in [-0.2, -0.15) is 13.2 Å². The van der Waals surface area contributed by atoms with Crippen LogP contribution in [0.25, 0.3) is 0 Å². The van der Waals surface area contributed by atoms with Gasteiger partial charge in [0.25, 0.3) is 0 Å². The standard InChI is InChI=1S/C19H18ClF3O4/c1-2-26-17(10-18(24)25)13-4-6-14(7-5-13)27-11-12-3-8-16(20)15(9-12)19(21,22)23/h3-9,17H,2,10-11H2,1H3,(H,24,25)/t17-/m0/s1. The van der Waals surface area contributed by atoms with Crippen LogP contribution in [-0.4, -0.2) is 17.7 Å². The number of carboxylic acids is 1. The van der Waals surface area contributed by atoms with Gasteiger partial charge in [0.1, 0.15) is 12.4 Å². The summed E-state index contributed by atoms with van der Waals surface area (Å²) in [7, 11) is 0. The molecule has 0 aromatic heterocycles. The molecule has 1 N–H and O–H groups in total. The molecule has 1 atom stereocenters. The highest BCUT2D eigenvalue weighted by molar-refractivity contribution is 6.31. The van der Waals surface area contributed by atoms with E-state index >= 15 is 0 Å². The van der Waals surface area contributed by atoms with E-state index in [4.69, 9.17) is 26.2 Å². The molecule has 0 unspecified atom stereocenters. The van der Waals surface area contributed by atoms with E-state index in [1.165, 1.54) is 12.1 Å². The van der Waals surface area contributed by atoms with E-state index < -0.39 is 23.8 Å². The summed E-state index contributed by atoms with van der Waals surface area (Å²) in [5, 5.41) is 8.58. The van der Waals surface area contributed by atoms with Gasteiger partial charge in [-0.1, -0.05) is 29.8 Å². The maximum Gasteiger partial charge on any atom is 0.417 e. The Kier molecular flexibility index (Phi) is 7.10. The monoisotopic (exact) mass is 402 g/mol. The van der Waals surface area contributed by atoms with Gasteiger partial charge in [-0.05, 0) is 42.3 Å². The predicted octanol–water partition coefficient (Wildman–Crippen LogP) is 5.49. The van der Waals surface area contributed by atoms with Gasteiger partial charge >= 0.3 is 12.1 Å². The molecule has 0 fully saturated rings. The highest BCUT2D eigenvalue weighted by atomic mass is 35.5. The second-order valence-electron chi connectivity index (χ2n) is 5.71. The summed E-state index contributed by atoms with van der Waals surface area (Å²) in [6, 6.07) is 10.2. The van der Waals surface area contributed by atoms with Crippen LogP contribution < -0.4 is 4.74 Å². The molecule has 2 rings (SSSR count). The fourth-order valence-corrected chi connectivity index (χ4v) is 2.68. The summed E-state index contributed by atoms with van der Waals surface area (Å²) in [5.41, 5.74) is 0.0974. The molecule has 4 nitrogen and oxygen atoms in total. The SMILES string of the molecule is CCO[C@@H](CC(=O)O)c1ccc(OCc2ccc(Cl)c(C(F)(F)F)c2)cc1. The first-order valence-electron chi connectivity index (χ1n) is 8.12. The largest absolute Gasteiger partial charge is 0.489 e. The Morgan fingerprint density at radius 2 is 1.85 bits per heavy atom.